The average Bonchev–Trinajstić information content (AvgIpc) is 2.52. The molecular weight excluding hydrogens is 320 g/mol. The van der Waals surface area contributed by atoms with Gasteiger partial charge in [-0.25, -0.2) is 4.79 Å². The van der Waals surface area contributed by atoms with E-state index in [0.717, 1.165) is 19.3 Å². The van der Waals surface area contributed by atoms with Crippen LogP contribution in [-0.4, -0.2) is 45.9 Å². The Morgan fingerprint density at radius 1 is 1.28 bits per heavy atom. The van der Waals surface area contributed by atoms with Crippen LogP contribution in [0.2, 0.25) is 0 Å². The highest BCUT2D eigenvalue weighted by Crippen LogP contribution is 2.44. The van der Waals surface area contributed by atoms with Crippen LogP contribution >= 0.6 is 0 Å². The van der Waals surface area contributed by atoms with Crippen LogP contribution in [-0.2, 0) is 10.3 Å². The largest absolute Gasteiger partial charge is 0.495 e. The van der Waals surface area contributed by atoms with Crippen molar-refractivity contribution in [3.05, 3.63) is 24.0 Å². The molecule has 3 rings (SSSR count). The van der Waals surface area contributed by atoms with Gasteiger partial charge in [0.05, 0.1) is 19.0 Å². The molecule has 2 aliphatic heterocycles. The fraction of sp³-hybridized carbons (Fsp3) is 0.684. The SMILES string of the molecule is COc1ccc(C2(O)CC3CCCC(C2)N3C(=O)OC(C)(C)C)nc1. The van der Waals surface area contributed by atoms with Crippen LogP contribution in [0.1, 0.15) is 58.6 Å². The maximum absolute atomic E-state index is 12.6. The second-order valence-corrected chi connectivity index (χ2v) is 8.15. The van der Waals surface area contributed by atoms with Crippen LogP contribution in [0.15, 0.2) is 18.3 Å². The van der Waals surface area contributed by atoms with Gasteiger partial charge < -0.3 is 19.5 Å². The van der Waals surface area contributed by atoms with Crippen molar-refractivity contribution < 1.29 is 19.4 Å². The molecule has 2 bridgehead atoms. The lowest BCUT2D eigenvalue weighted by Gasteiger charge is -2.51. The Bertz CT molecular complexity index is 609. The van der Waals surface area contributed by atoms with E-state index in [0.29, 0.717) is 24.3 Å². The van der Waals surface area contributed by atoms with Gasteiger partial charge in [-0.1, -0.05) is 0 Å². The molecule has 1 N–H and O–H groups in total. The molecule has 0 aliphatic carbocycles. The molecule has 2 unspecified atom stereocenters. The summed E-state index contributed by atoms with van der Waals surface area (Å²) in [7, 11) is 1.59. The highest BCUT2D eigenvalue weighted by atomic mass is 16.6. The van der Waals surface area contributed by atoms with Crippen molar-refractivity contribution in [2.75, 3.05) is 7.11 Å². The zero-order chi connectivity index (χ0) is 18.2. The van der Waals surface area contributed by atoms with Gasteiger partial charge in [0, 0.05) is 24.9 Å². The van der Waals surface area contributed by atoms with E-state index in [4.69, 9.17) is 9.47 Å². The summed E-state index contributed by atoms with van der Waals surface area (Å²) in [5.41, 5.74) is -0.883. The molecule has 3 heterocycles. The predicted octanol–water partition coefficient (Wildman–Crippen LogP) is 3.23. The van der Waals surface area contributed by atoms with Crippen LogP contribution in [0.3, 0.4) is 0 Å². The van der Waals surface area contributed by atoms with Crippen LogP contribution in [0.25, 0.3) is 0 Å². The molecule has 2 saturated heterocycles. The molecule has 25 heavy (non-hydrogen) atoms. The van der Waals surface area contributed by atoms with Crippen molar-refractivity contribution in [2.45, 2.75) is 76.2 Å². The number of ether oxygens (including phenoxy) is 2. The molecule has 138 valence electrons. The molecule has 6 heteroatoms. The number of aliphatic hydroxyl groups is 1. The second-order valence-electron chi connectivity index (χ2n) is 8.15. The fourth-order valence-electron chi connectivity index (χ4n) is 4.03. The number of methoxy groups -OCH3 is 1. The van der Waals surface area contributed by atoms with E-state index in [1.165, 1.54) is 0 Å². The lowest BCUT2D eigenvalue weighted by molar-refractivity contribution is -0.0984. The van der Waals surface area contributed by atoms with Crippen molar-refractivity contribution in [1.29, 1.82) is 0 Å². The molecule has 6 nitrogen and oxygen atoms in total. The van der Waals surface area contributed by atoms with Gasteiger partial charge in [-0.15, -0.1) is 0 Å². The van der Waals surface area contributed by atoms with Crippen LogP contribution in [0.4, 0.5) is 4.79 Å². The number of aromatic nitrogens is 1. The lowest BCUT2D eigenvalue weighted by atomic mass is 9.74. The highest BCUT2D eigenvalue weighted by molar-refractivity contribution is 5.69. The second kappa shape index (κ2) is 6.48. The first-order valence-electron chi connectivity index (χ1n) is 8.96. The first-order valence-corrected chi connectivity index (χ1v) is 8.96. The van der Waals surface area contributed by atoms with E-state index in [1.54, 1.807) is 13.3 Å². The van der Waals surface area contributed by atoms with Gasteiger partial charge in [0.1, 0.15) is 17.0 Å². The van der Waals surface area contributed by atoms with E-state index >= 15 is 0 Å². The normalized spacial score (nSPS) is 29.2. The Morgan fingerprint density at radius 3 is 2.40 bits per heavy atom. The number of hydrogen-bond acceptors (Lipinski definition) is 5. The van der Waals surface area contributed by atoms with Gasteiger partial charge in [0.2, 0.25) is 0 Å². The summed E-state index contributed by atoms with van der Waals surface area (Å²) in [4.78, 5) is 18.9. The number of pyridine rings is 1. The van der Waals surface area contributed by atoms with Gasteiger partial charge >= 0.3 is 6.09 Å². The monoisotopic (exact) mass is 348 g/mol. The number of nitrogens with zero attached hydrogens (tertiary/aromatic N) is 2. The van der Waals surface area contributed by atoms with Crippen LogP contribution in [0.5, 0.6) is 5.75 Å². The van der Waals surface area contributed by atoms with Gasteiger partial charge in [-0.05, 0) is 52.2 Å². The molecule has 2 fully saturated rings. The maximum Gasteiger partial charge on any atom is 0.410 e. The third-order valence-corrected chi connectivity index (χ3v) is 5.06. The average molecular weight is 348 g/mol. The topological polar surface area (TPSA) is 71.9 Å². The third kappa shape index (κ3) is 3.73. The zero-order valence-electron chi connectivity index (χ0n) is 15.5. The maximum atomic E-state index is 12.6. The summed E-state index contributed by atoms with van der Waals surface area (Å²) in [6.07, 6.45) is 5.17. The van der Waals surface area contributed by atoms with Crippen LogP contribution in [0, 0.1) is 0 Å². The van der Waals surface area contributed by atoms with E-state index in [2.05, 4.69) is 4.98 Å². The number of rotatable bonds is 2. The minimum Gasteiger partial charge on any atom is -0.495 e. The number of hydrogen-bond donors (Lipinski definition) is 1. The van der Waals surface area contributed by atoms with E-state index in [9.17, 15) is 9.90 Å². The number of piperidine rings is 2. The van der Waals surface area contributed by atoms with Gasteiger partial charge in [0.15, 0.2) is 0 Å². The minimum absolute atomic E-state index is 0.0174. The smallest absolute Gasteiger partial charge is 0.410 e. The summed E-state index contributed by atoms with van der Waals surface area (Å²) >= 11 is 0. The van der Waals surface area contributed by atoms with Crippen molar-refractivity contribution in [3.8, 4) is 5.75 Å². The van der Waals surface area contributed by atoms with Crippen molar-refractivity contribution in [2.24, 2.45) is 0 Å². The van der Waals surface area contributed by atoms with Crippen molar-refractivity contribution >= 4 is 6.09 Å². The van der Waals surface area contributed by atoms with Gasteiger partial charge in [-0.2, -0.15) is 0 Å². The number of carbonyl (C=O) groups excluding carboxylic acids is 1. The molecule has 2 aliphatic rings. The molecule has 1 aromatic rings. The first kappa shape index (κ1) is 18.0. The highest BCUT2D eigenvalue weighted by Gasteiger charge is 2.49. The Kier molecular flexibility index (Phi) is 4.66. The Morgan fingerprint density at radius 2 is 1.92 bits per heavy atom. The first-order chi connectivity index (χ1) is 11.7. The Hall–Kier alpha value is -1.82. The van der Waals surface area contributed by atoms with E-state index < -0.39 is 11.2 Å². The number of fused-ring (bicyclic) bond motifs is 2. The molecule has 0 saturated carbocycles. The quantitative estimate of drug-likeness (QED) is 0.888. The molecule has 0 radical (unpaired) electrons. The predicted molar refractivity (Wildman–Crippen MR) is 93.4 cm³/mol. The van der Waals surface area contributed by atoms with Gasteiger partial charge in [0.25, 0.3) is 0 Å². The summed E-state index contributed by atoms with van der Waals surface area (Å²) in [5, 5.41) is 11.3. The Labute approximate surface area is 149 Å². The number of amides is 1. The molecule has 1 amide bonds. The van der Waals surface area contributed by atoms with Gasteiger partial charge in [-0.3, -0.25) is 4.98 Å². The van der Waals surface area contributed by atoms with E-state index in [-0.39, 0.29) is 18.2 Å². The summed E-state index contributed by atoms with van der Waals surface area (Å²) in [6.45, 7) is 5.63. The Balaban J connectivity index is 1.81. The minimum atomic E-state index is -1.01. The summed E-state index contributed by atoms with van der Waals surface area (Å²) in [5.74, 6) is 0.665. The fourth-order valence-corrected chi connectivity index (χ4v) is 4.03. The van der Waals surface area contributed by atoms with Crippen molar-refractivity contribution in [3.63, 3.8) is 0 Å². The zero-order valence-corrected chi connectivity index (χ0v) is 15.5. The molecule has 1 aromatic heterocycles. The molecule has 2 atom stereocenters. The van der Waals surface area contributed by atoms with E-state index in [1.807, 2.05) is 37.8 Å². The third-order valence-electron chi connectivity index (χ3n) is 5.06. The summed E-state index contributed by atoms with van der Waals surface area (Å²) in [6, 6.07) is 3.60. The number of carbonyl (C=O) groups is 1. The standard InChI is InChI=1S/C19H28N2O4/c1-18(2,3)25-17(22)21-13-6-5-7-14(21)11-19(23,10-13)16-9-8-15(24-4)12-20-16/h8-9,12-14,23H,5-7,10-11H2,1-4H3. The van der Waals surface area contributed by atoms with Crippen LogP contribution < -0.4 is 4.74 Å². The molecular formula is C19H28N2O4. The lowest BCUT2D eigenvalue weighted by Crippen LogP contribution is -2.59. The molecule has 0 aromatic carbocycles. The summed E-state index contributed by atoms with van der Waals surface area (Å²) < 4.78 is 10.7. The molecule has 0 spiro atoms. The van der Waals surface area contributed by atoms with Crippen molar-refractivity contribution in [1.82, 2.24) is 9.88 Å².